The molecule has 1 N–H and O–H groups in total. The van der Waals surface area contributed by atoms with Gasteiger partial charge >= 0.3 is 0 Å². The molecule has 0 saturated heterocycles. The second kappa shape index (κ2) is 6.75. The van der Waals surface area contributed by atoms with Gasteiger partial charge in [0.15, 0.2) is 11.5 Å². The molecular formula is C15H18N2O2. The molecule has 0 amide bonds. The number of nitrogens with one attached hydrogen (secondary N) is 1. The molecule has 0 aliphatic rings. The highest BCUT2D eigenvalue weighted by Crippen LogP contribution is 2.26. The minimum atomic E-state index is 0.431. The van der Waals surface area contributed by atoms with E-state index in [0.717, 1.165) is 29.3 Å². The highest BCUT2D eigenvalue weighted by atomic mass is 16.5. The molecule has 2 aromatic rings. The summed E-state index contributed by atoms with van der Waals surface area (Å²) in [4.78, 5) is 4.36. The Hall–Kier alpha value is -2.07. The van der Waals surface area contributed by atoms with Crippen molar-refractivity contribution in [1.82, 2.24) is 10.3 Å². The van der Waals surface area contributed by atoms with E-state index in [0.29, 0.717) is 6.61 Å². The number of rotatable bonds is 6. The van der Waals surface area contributed by atoms with Gasteiger partial charge in [0.1, 0.15) is 6.61 Å². The van der Waals surface area contributed by atoms with E-state index in [4.69, 9.17) is 9.47 Å². The summed E-state index contributed by atoms with van der Waals surface area (Å²) in [5.74, 6) is 1.46. The zero-order chi connectivity index (χ0) is 13.5. The molecule has 1 aromatic carbocycles. The lowest BCUT2D eigenvalue weighted by molar-refractivity contribution is 0.280. The van der Waals surface area contributed by atoms with Gasteiger partial charge < -0.3 is 14.8 Å². The van der Waals surface area contributed by atoms with E-state index in [2.05, 4.69) is 10.3 Å². The summed E-state index contributed by atoms with van der Waals surface area (Å²) in [6.45, 7) is 1.25. The van der Waals surface area contributed by atoms with Crippen molar-refractivity contribution in [3.8, 4) is 11.5 Å². The topological polar surface area (TPSA) is 43.4 Å². The maximum absolute atomic E-state index is 5.71. The van der Waals surface area contributed by atoms with Crippen molar-refractivity contribution in [2.75, 3.05) is 14.2 Å². The van der Waals surface area contributed by atoms with E-state index < -0.39 is 0 Å². The molecule has 0 aliphatic heterocycles. The van der Waals surface area contributed by atoms with E-state index in [1.54, 1.807) is 7.11 Å². The molecule has 1 aromatic heterocycles. The highest BCUT2D eigenvalue weighted by molar-refractivity contribution is 5.39. The van der Waals surface area contributed by atoms with Gasteiger partial charge in [0.25, 0.3) is 0 Å². The van der Waals surface area contributed by atoms with E-state index >= 15 is 0 Å². The summed E-state index contributed by atoms with van der Waals surface area (Å²) in [5.41, 5.74) is 2.05. The zero-order valence-electron chi connectivity index (χ0n) is 11.2. The second-order valence-corrected chi connectivity index (χ2v) is 4.13. The summed E-state index contributed by atoms with van der Waals surface area (Å²) in [6, 6.07) is 11.6. The number of para-hydroxylation sites is 2. The van der Waals surface area contributed by atoms with Gasteiger partial charge in [-0.15, -0.1) is 0 Å². The maximum Gasteiger partial charge on any atom is 0.161 e. The number of benzene rings is 1. The Kier molecular flexibility index (Phi) is 4.75. The molecule has 0 atom stereocenters. The third-order valence-electron chi connectivity index (χ3n) is 2.71. The van der Waals surface area contributed by atoms with Crippen LogP contribution < -0.4 is 14.8 Å². The van der Waals surface area contributed by atoms with Crippen LogP contribution in [0.2, 0.25) is 0 Å². The fourth-order valence-electron chi connectivity index (χ4n) is 1.74. The normalized spacial score (nSPS) is 10.2. The third kappa shape index (κ3) is 3.69. The van der Waals surface area contributed by atoms with Gasteiger partial charge in [0, 0.05) is 12.7 Å². The number of aromatic nitrogens is 1. The number of methoxy groups -OCH3 is 1. The van der Waals surface area contributed by atoms with Crippen LogP contribution in [0.25, 0.3) is 0 Å². The Balaban J connectivity index is 1.98. The summed E-state index contributed by atoms with van der Waals surface area (Å²) >= 11 is 0. The monoisotopic (exact) mass is 258 g/mol. The van der Waals surface area contributed by atoms with Crippen LogP contribution in [0.15, 0.2) is 42.6 Å². The molecular weight excluding hydrogens is 240 g/mol. The molecule has 19 heavy (non-hydrogen) atoms. The molecule has 2 rings (SSSR count). The fraction of sp³-hybridized carbons (Fsp3) is 0.267. The fourth-order valence-corrected chi connectivity index (χ4v) is 1.74. The minimum absolute atomic E-state index is 0.431. The van der Waals surface area contributed by atoms with Crippen LogP contribution in [0.1, 0.15) is 11.3 Å². The summed E-state index contributed by atoms with van der Waals surface area (Å²) in [6.07, 6.45) is 1.86. The van der Waals surface area contributed by atoms with Crippen molar-refractivity contribution in [3.63, 3.8) is 0 Å². The molecule has 0 aliphatic carbocycles. The smallest absolute Gasteiger partial charge is 0.161 e. The zero-order valence-corrected chi connectivity index (χ0v) is 11.2. The Bertz CT molecular complexity index is 512. The number of nitrogens with zero attached hydrogens (tertiary/aromatic N) is 1. The van der Waals surface area contributed by atoms with Gasteiger partial charge in [-0.05, 0) is 30.8 Å². The number of hydrogen-bond donors (Lipinski definition) is 1. The van der Waals surface area contributed by atoms with Crippen molar-refractivity contribution in [1.29, 1.82) is 0 Å². The standard InChI is InChI=1S/C15H18N2O2/c1-16-9-12-7-8-13(17-10-12)11-19-15-6-4-3-5-14(15)18-2/h3-8,10,16H,9,11H2,1-2H3. The molecule has 0 fully saturated rings. The summed E-state index contributed by atoms with van der Waals surface area (Å²) in [7, 11) is 3.55. The third-order valence-corrected chi connectivity index (χ3v) is 2.71. The molecule has 0 radical (unpaired) electrons. The predicted octanol–water partition coefficient (Wildman–Crippen LogP) is 2.39. The van der Waals surface area contributed by atoms with Crippen LogP contribution >= 0.6 is 0 Å². The summed E-state index contributed by atoms with van der Waals surface area (Å²) < 4.78 is 10.9. The largest absolute Gasteiger partial charge is 0.493 e. The molecule has 1 heterocycles. The first-order valence-corrected chi connectivity index (χ1v) is 6.17. The van der Waals surface area contributed by atoms with E-state index in [-0.39, 0.29) is 0 Å². The number of pyridine rings is 1. The van der Waals surface area contributed by atoms with Gasteiger partial charge in [-0.3, -0.25) is 4.98 Å². The summed E-state index contributed by atoms with van der Waals surface area (Å²) in [5, 5.41) is 3.09. The van der Waals surface area contributed by atoms with Crippen molar-refractivity contribution in [2.24, 2.45) is 0 Å². The lowest BCUT2D eigenvalue weighted by atomic mass is 10.2. The predicted molar refractivity (Wildman–Crippen MR) is 74.3 cm³/mol. The maximum atomic E-state index is 5.71. The number of hydrogen-bond acceptors (Lipinski definition) is 4. The van der Waals surface area contributed by atoms with Gasteiger partial charge in [0.05, 0.1) is 12.8 Å². The molecule has 4 heteroatoms. The Labute approximate surface area is 113 Å². The van der Waals surface area contributed by atoms with Gasteiger partial charge in [-0.2, -0.15) is 0 Å². The molecule has 0 spiro atoms. The molecule has 0 bridgehead atoms. The van der Waals surface area contributed by atoms with E-state index in [1.807, 2.05) is 49.6 Å². The van der Waals surface area contributed by atoms with Crippen LogP contribution in [0.4, 0.5) is 0 Å². The average Bonchev–Trinajstić information content (AvgIpc) is 2.47. The number of ether oxygens (including phenoxy) is 2. The molecule has 100 valence electrons. The molecule has 0 saturated carbocycles. The first-order valence-electron chi connectivity index (χ1n) is 6.17. The Morgan fingerprint density at radius 1 is 1.11 bits per heavy atom. The van der Waals surface area contributed by atoms with Crippen LogP contribution in [0, 0.1) is 0 Å². The van der Waals surface area contributed by atoms with Crippen LogP contribution in [-0.2, 0) is 13.2 Å². The quantitative estimate of drug-likeness (QED) is 0.864. The van der Waals surface area contributed by atoms with Crippen molar-refractivity contribution in [2.45, 2.75) is 13.2 Å². The lowest BCUT2D eigenvalue weighted by Gasteiger charge is -2.10. The first kappa shape index (κ1) is 13.4. The van der Waals surface area contributed by atoms with Gasteiger partial charge in [-0.1, -0.05) is 18.2 Å². The average molecular weight is 258 g/mol. The van der Waals surface area contributed by atoms with Crippen molar-refractivity contribution in [3.05, 3.63) is 53.9 Å². The second-order valence-electron chi connectivity index (χ2n) is 4.13. The molecule has 4 nitrogen and oxygen atoms in total. The van der Waals surface area contributed by atoms with E-state index in [9.17, 15) is 0 Å². The Morgan fingerprint density at radius 2 is 1.89 bits per heavy atom. The van der Waals surface area contributed by atoms with Crippen LogP contribution in [0.5, 0.6) is 11.5 Å². The van der Waals surface area contributed by atoms with Gasteiger partial charge in [-0.25, -0.2) is 0 Å². The van der Waals surface area contributed by atoms with Crippen LogP contribution in [-0.4, -0.2) is 19.1 Å². The lowest BCUT2D eigenvalue weighted by Crippen LogP contribution is -2.06. The highest BCUT2D eigenvalue weighted by Gasteiger charge is 2.03. The molecule has 0 unspecified atom stereocenters. The van der Waals surface area contributed by atoms with Crippen LogP contribution in [0.3, 0.4) is 0 Å². The van der Waals surface area contributed by atoms with E-state index in [1.165, 1.54) is 0 Å². The van der Waals surface area contributed by atoms with Gasteiger partial charge in [0.2, 0.25) is 0 Å². The SMILES string of the molecule is CNCc1ccc(COc2ccccc2OC)nc1. The van der Waals surface area contributed by atoms with Crippen molar-refractivity contribution < 1.29 is 9.47 Å². The minimum Gasteiger partial charge on any atom is -0.493 e. The first-order chi connectivity index (χ1) is 9.33. The Morgan fingerprint density at radius 3 is 2.53 bits per heavy atom. The van der Waals surface area contributed by atoms with Crippen molar-refractivity contribution >= 4 is 0 Å².